The molecule has 1 heterocycles. The molecule has 0 saturated carbocycles. The summed E-state index contributed by atoms with van der Waals surface area (Å²) in [6.07, 6.45) is 0.385. The number of ether oxygens (including phenoxy) is 1. The van der Waals surface area contributed by atoms with E-state index in [0.717, 1.165) is 0 Å². The van der Waals surface area contributed by atoms with E-state index in [2.05, 4.69) is 5.32 Å². The molecular weight excluding hydrogens is 318 g/mol. The second kappa shape index (κ2) is 6.44. The predicted molar refractivity (Wildman–Crippen MR) is 76.9 cm³/mol. The maximum Gasteiger partial charge on any atom is 0.338 e. The molecule has 1 aromatic carbocycles. The van der Waals surface area contributed by atoms with Crippen molar-refractivity contribution < 1.29 is 22.7 Å². The van der Waals surface area contributed by atoms with Gasteiger partial charge in [-0.2, -0.15) is 0 Å². The Balaban J connectivity index is 1.80. The molecule has 0 spiro atoms. The van der Waals surface area contributed by atoms with Gasteiger partial charge in [0.15, 0.2) is 16.4 Å². The van der Waals surface area contributed by atoms with Gasteiger partial charge in [-0.1, -0.05) is 17.7 Å². The van der Waals surface area contributed by atoms with Crippen LogP contribution in [0.1, 0.15) is 16.8 Å². The van der Waals surface area contributed by atoms with Gasteiger partial charge >= 0.3 is 5.97 Å². The van der Waals surface area contributed by atoms with Crippen LogP contribution in [0.2, 0.25) is 5.02 Å². The molecule has 2 rings (SSSR count). The number of hydrogen-bond donors (Lipinski definition) is 1. The van der Waals surface area contributed by atoms with E-state index in [1.54, 1.807) is 12.1 Å². The molecule has 1 saturated heterocycles. The summed E-state index contributed by atoms with van der Waals surface area (Å²) in [4.78, 5) is 23.3. The number of esters is 1. The Hall–Kier alpha value is -1.60. The summed E-state index contributed by atoms with van der Waals surface area (Å²) in [5.41, 5.74) is 0.249. The first kappa shape index (κ1) is 15.8. The van der Waals surface area contributed by atoms with Crippen molar-refractivity contribution in [2.24, 2.45) is 0 Å². The van der Waals surface area contributed by atoms with Crippen LogP contribution in [0.5, 0.6) is 0 Å². The summed E-state index contributed by atoms with van der Waals surface area (Å²) in [6, 6.07) is 5.77. The monoisotopic (exact) mass is 331 g/mol. The minimum atomic E-state index is -3.06. The van der Waals surface area contributed by atoms with Crippen LogP contribution in [-0.4, -0.2) is 44.4 Å². The van der Waals surface area contributed by atoms with Crippen molar-refractivity contribution in [2.45, 2.75) is 12.5 Å². The van der Waals surface area contributed by atoms with Crippen molar-refractivity contribution in [1.29, 1.82) is 0 Å². The van der Waals surface area contributed by atoms with Crippen molar-refractivity contribution in [1.82, 2.24) is 5.32 Å². The van der Waals surface area contributed by atoms with Gasteiger partial charge in [0.05, 0.1) is 17.1 Å². The second-order valence-corrected chi connectivity index (χ2v) is 7.42. The number of hydrogen-bond acceptors (Lipinski definition) is 5. The van der Waals surface area contributed by atoms with Gasteiger partial charge in [0, 0.05) is 11.1 Å². The fourth-order valence-electron chi connectivity index (χ4n) is 2.01. The first-order valence-corrected chi connectivity index (χ1v) is 8.48. The fraction of sp³-hybridized carbons (Fsp3) is 0.385. The summed E-state index contributed by atoms with van der Waals surface area (Å²) >= 11 is 5.75. The molecule has 1 N–H and O–H groups in total. The third-order valence-corrected chi connectivity index (χ3v) is 5.00. The number of halogens is 1. The molecule has 1 atom stereocenters. The van der Waals surface area contributed by atoms with Gasteiger partial charge in [-0.15, -0.1) is 0 Å². The molecule has 0 aliphatic carbocycles. The quantitative estimate of drug-likeness (QED) is 0.824. The highest BCUT2D eigenvalue weighted by Gasteiger charge is 2.29. The number of rotatable bonds is 4. The molecule has 0 radical (unpaired) electrons. The summed E-state index contributed by atoms with van der Waals surface area (Å²) in [7, 11) is -3.06. The van der Waals surface area contributed by atoms with Crippen LogP contribution in [0, 0.1) is 0 Å². The largest absolute Gasteiger partial charge is 0.452 e. The number of sulfone groups is 1. The van der Waals surface area contributed by atoms with E-state index in [1.165, 1.54) is 12.1 Å². The van der Waals surface area contributed by atoms with Crippen LogP contribution in [0.25, 0.3) is 0 Å². The van der Waals surface area contributed by atoms with Gasteiger partial charge in [-0.05, 0) is 24.6 Å². The highest BCUT2D eigenvalue weighted by molar-refractivity contribution is 7.91. The third-order valence-electron chi connectivity index (χ3n) is 2.99. The summed E-state index contributed by atoms with van der Waals surface area (Å²) in [5.74, 6) is -1.18. The van der Waals surface area contributed by atoms with Crippen LogP contribution in [-0.2, 0) is 19.4 Å². The van der Waals surface area contributed by atoms with E-state index in [4.69, 9.17) is 16.3 Å². The Morgan fingerprint density at radius 2 is 2.14 bits per heavy atom. The Labute approximate surface area is 127 Å². The van der Waals surface area contributed by atoms with Gasteiger partial charge in [0.25, 0.3) is 5.91 Å². The molecule has 0 bridgehead atoms. The molecule has 1 aliphatic heterocycles. The molecule has 1 fully saturated rings. The molecule has 8 heteroatoms. The van der Waals surface area contributed by atoms with E-state index in [9.17, 15) is 18.0 Å². The molecule has 1 unspecified atom stereocenters. The minimum Gasteiger partial charge on any atom is -0.452 e. The smallest absolute Gasteiger partial charge is 0.338 e. The van der Waals surface area contributed by atoms with Crippen molar-refractivity contribution in [3.8, 4) is 0 Å². The Morgan fingerprint density at radius 3 is 2.76 bits per heavy atom. The Bertz CT molecular complexity index is 658. The molecule has 6 nitrogen and oxygen atoms in total. The van der Waals surface area contributed by atoms with Gasteiger partial charge in [-0.25, -0.2) is 13.2 Å². The number of nitrogens with one attached hydrogen (secondary N) is 1. The van der Waals surface area contributed by atoms with Gasteiger partial charge in [0.1, 0.15) is 0 Å². The zero-order valence-corrected chi connectivity index (χ0v) is 12.6. The van der Waals surface area contributed by atoms with Crippen LogP contribution in [0.3, 0.4) is 0 Å². The maximum absolute atomic E-state index is 11.7. The topological polar surface area (TPSA) is 89.5 Å². The lowest BCUT2D eigenvalue weighted by Gasteiger charge is -2.11. The van der Waals surface area contributed by atoms with E-state index in [1.807, 2.05) is 0 Å². The number of carbonyl (C=O) groups excluding carboxylic acids is 2. The molecule has 1 aliphatic rings. The molecule has 1 aromatic rings. The lowest BCUT2D eigenvalue weighted by molar-refractivity contribution is -0.124. The van der Waals surface area contributed by atoms with E-state index in [0.29, 0.717) is 11.4 Å². The summed E-state index contributed by atoms with van der Waals surface area (Å²) in [6.45, 7) is -0.456. The average Bonchev–Trinajstić information content (AvgIpc) is 2.75. The zero-order valence-electron chi connectivity index (χ0n) is 11.0. The highest BCUT2D eigenvalue weighted by Crippen LogP contribution is 2.12. The van der Waals surface area contributed by atoms with Crippen molar-refractivity contribution in [3.63, 3.8) is 0 Å². The Morgan fingerprint density at radius 1 is 1.38 bits per heavy atom. The fourth-order valence-corrected chi connectivity index (χ4v) is 3.87. The molecule has 21 heavy (non-hydrogen) atoms. The SMILES string of the molecule is O=C(COC(=O)c1cccc(Cl)c1)NC1CCS(=O)(=O)C1. The molecule has 1 amide bonds. The van der Waals surface area contributed by atoms with Gasteiger partial charge in [-0.3, -0.25) is 4.79 Å². The standard InChI is InChI=1S/C13H14ClNO5S/c14-10-3-1-2-9(6-10)13(17)20-7-12(16)15-11-4-5-21(18,19)8-11/h1-3,6,11H,4-5,7-8H2,(H,15,16). The van der Waals surface area contributed by atoms with Crippen molar-refractivity contribution in [3.05, 3.63) is 34.9 Å². The molecule has 114 valence electrons. The van der Waals surface area contributed by atoms with Crippen LogP contribution < -0.4 is 5.32 Å². The molecular formula is C13H14ClNO5S. The number of carbonyl (C=O) groups is 2. The zero-order chi connectivity index (χ0) is 15.5. The predicted octanol–water partition coefficient (Wildman–Crippen LogP) is 0.800. The highest BCUT2D eigenvalue weighted by atomic mass is 35.5. The van der Waals surface area contributed by atoms with Gasteiger partial charge in [0.2, 0.25) is 0 Å². The first-order chi connectivity index (χ1) is 9.85. The van der Waals surface area contributed by atoms with E-state index < -0.39 is 34.4 Å². The van der Waals surface area contributed by atoms with Crippen LogP contribution in [0.4, 0.5) is 0 Å². The Kier molecular flexibility index (Phi) is 4.84. The van der Waals surface area contributed by atoms with E-state index in [-0.39, 0.29) is 17.1 Å². The van der Waals surface area contributed by atoms with Crippen LogP contribution in [0.15, 0.2) is 24.3 Å². The minimum absolute atomic E-state index is 0.0685. The summed E-state index contributed by atoms with van der Waals surface area (Å²) < 4.78 is 27.4. The third kappa shape index (κ3) is 4.71. The normalized spacial score (nSPS) is 20.0. The molecule has 0 aromatic heterocycles. The summed E-state index contributed by atoms with van der Waals surface area (Å²) in [5, 5.41) is 2.92. The van der Waals surface area contributed by atoms with Crippen molar-refractivity contribution >= 4 is 33.3 Å². The van der Waals surface area contributed by atoms with Crippen molar-refractivity contribution in [2.75, 3.05) is 18.1 Å². The first-order valence-electron chi connectivity index (χ1n) is 6.28. The van der Waals surface area contributed by atoms with Gasteiger partial charge < -0.3 is 10.1 Å². The van der Waals surface area contributed by atoms with Crippen LogP contribution >= 0.6 is 11.6 Å². The maximum atomic E-state index is 11.7. The lowest BCUT2D eigenvalue weighted by Crippen LogP contribution is -2.38. The average molecular weight is 332 g/mol. The second-order valence-electron chi connectivity index (χ2n) is 4.75. The number of benzene rings is 1. The lowest BCUT2D eigenvalue weighted by atomic mass is 10.2. The van der Waals surface area contributed by atoms with E-state index >= 15 is 0 Å². The number of amides is 1.